The number of carbonyl (C=O) groups excluding carboxylic acids is 1. The molecule has 1 aromatic carbocycles. The Kier molecular flexibility index (Phi) is 13.0. The van der Waals surface area contributed by atoms with Crippen LogP contribution in [0.2, 0.25) is 44.1 Å². The van der Waals surface area contributed by atoms with Crippen molar-refractivity contribution in [3.63, 3.8) is 0 Å². The van der Waals surface area contributed by atoms with Crippen LogP contribution in [0.5, 0.6) is 0 Å². The molecule has 1 fully saturated rings. The Balaban J connectivity index is 1.62. The molecule has 0 amide bonds. The first-order valence-corrected chi connectivity index (χ1v) is 24.4. The van der Waals surface area contributed by atoms with Crippen molar-refractivity contribution in [2.75, 3.05) is 11.9 Å². The molecule has 50 heavy (non-hydrogen) atoms. The molecule has 0 unspecified atom stereocenters. The Labute approximate surface area is 316 Å². The maximum Gasteiger partial charge on any atom is 0.208 e. The summed E-state index contributed by atoms with van der Waals surface area (Å²) < 4.78 is 14.6. The summed E-state index contributed by atoms with van der Waals surface area (Å²) in [6.07, 6.45) is 4.68. The number of nitrogens with one attached hydrogen (secondary N) is 1. The number of hydrogen-bond acceptors (Lipinski definition) is 8. The van der Waals surface area contributed by atoms with Crippen LogP contribution in [0.1, 0.15) is 108 Å². The van der Waals surface area contributed by atoms with Crippen LogP contribution in [0.4, 0.5) is 5.82 Å². The minimum absolute atomic E-state index is 0.0266. The van der Waals surface area contributed by atoms with E-state index in [4.69, 9.17) is 32.1 Å². The molecule has 1 aliphatic rings. The summed E-state index contributed by atoms with van der Waals surface area (Å²) in [6.45, 7) is 27.7. The minimum Gasteiger partial charge on any atom is -0.416 e. The van der Waals surface area contributed by atoms with E-state index in [1.54, 1.807) is 43.5 Å². The van der Waals surface area contributed by atoms with Gasteiger partial charge in [0.2, 0.25) is 14.1 Å². The van der Waals surface area contributed by atoms with E-state index in [0.29, 0.717) is 60.0 Å². The lowest BCUT2D eigenvalue weighted by Gasteiger charge is -2.45. The minimum atomic E-state index is -2.18. The Morgan fingerprint density at radius 2 is 1.68 bits per heavy atom. The second-order valence-electron chi connectivity index (χ2n) is 16.6. The highest BCUT2D eigenvalue weighted by Crippen LogP contribution is 2.47. The molecule has 7 nitrogen and oxygen atoms in total. The van der Waals surface area contributed by atoms with E-state index >= 15 is 0 Å². The first-order chi connectivity index (χ1) is 23.1. The smallest absolute Gasteiger partial charge is 0.208 e. The second kappa shape index (κ2) is 15.8. The summed E-state index contributed by atoms with van der Waals surface area (Å²) in [5, 5.41) is 15.8. The highest BCUT2D eigenvalue weighted by molar-refractivity contribution is 7.18. The molecule has 12 heteroatoms. The van der Waals surface area contributed by atoms with Gasteiger partial charge in [-0.25, -0.2) is 9.97 Å². The van der Waals surface area contributed by atoms with Crippen LogP contribution < -0.4 is 5.32 Å². The van der Waals surface area contributed by atoms with Crippen LogP contribution in [0.15, 0.2) is 42.9 Å². The van der Waals surface area contributed by atoms with E-state index in [2.05, 4.69) is 90.7 Å². The van der Waals surface area contributed by atoms with E-state index in [-0.39, 0.29) is 28.9 Å². The number of anilines is 1. The first kappa shape index (κ1) is 41.1. The van der Waals surface area contributed by atoms with Gasteiger partial charge in [0, 0.05) is 35.3 Å². The highest BCUT2D eigenvalue weighted by atomic mass is 35.5. The summed E-state index contributed by atoms with van der Waals surface area (Å²) in [5.74, 6) is 0.424. The number of aliphatic hydroxyl groups is 1. The third-order valence-corrected chi connectivity index (χ3v) is 23.5. The molecular formula is C38H57Cl2N3O4SSi2. The molecule has 0 bridgehead atoms. The quantitative estimate of drug-likeness (QED) is 0.124. The van der Waals surface area contributed by atoms with Crippen molar-refractivity contribution < 1.29 is 18.8 Å². The predicted molar refractivity (Wildman–Crippen MR) is 214 cm³/mol. The van der Waals surface area contributed by atoms with Crippen molar-refractivity contribution in [2.24, 2.45) is 5.92 Å². The Morgan fingerprint density at radius 3 is 2.26 bits per heavy atom. The van der Waals surface area contributed by atoms with E-state index < -0.39 is 22.2 Å². The molecule has 4 atom stereocenters. The van der Waals surface area contributed by atoms with E-state index in [1.165, 1.54) is 6.33 Å². The van der Waals surface area contributed by atoms with Crippen LogP contribution in [0.3, 0.4) is 0 Å². The molecule has 0 spiro atoms. The van der Waals surface area contributed by atoms with Crippen molar-refractivity contribution >= 4 is 62.8 Å². The Bertz CT molecular complexity index is 1620. The molecule has 2 N–H and O–H groups in total. The number of nitrogens with zero attached hydrogens (tertiary/aromatic N) is 2. The van der Waals surface area contributed by atoms with Gasteiger partial charge in [-0.3, -0.25) is 4.79 Å². The summed E-state index contributed by atoms with van der Waals surface area (Å²) >= 11 is 14.0. The Hall–Kier alpha value is -1.64. The fourth-order valence-electron chi connectivity index (χ4n) is 7.42. The maximum atomic E-state index is 14.1. The maximum absolute atomic E-state index is 14.1. The topological polar surface area (TPSA) is 93.6 Å². The SMILES string of the molecule is CC(C)[Si](O[C@H]1C[C@H](Nc2ncncc2C(=O)c2cc([C@@](C)(O)c3cccc(Cl)c3)c(Cl)s2)C[C@@H]1CO[Si](C)(C)C(C)(C)C)(C(C)C)C(C)C. The number of rotatable bonds is 14. The molecule has 2 aromatic heterocycles. The standard InChI is InChI=1S/C38H57Cl2N3O4SSi2/c1-23(2)50(24(3)4,25(5)6)47-32-18-29(16-26(32)21-46-49(11,12)37(7,8)9)43-36-30(20-41-22-42-36)34(44)33-19-31(35(40)48-33)38(10,45)27-14-13-15-28(39)17-27/h13-15,17,19-20,22-26,29,32,45H,16,18,21H2,1-12H3,(H,41,42,43)/t26-,29-,32+,38+/m1/s1. The molecule has 276 valence electrons. The van der Waals surface area contributed by atoms with Crippen LogP contribution >= 0.6 is 34.5 Å². The average Bonchev–Trinajstić information content (AvgIpc) is 3.60. The average molecular weight is 779 g/mol. The fourth-order valence-corrected chi connectivity index (χ4v) is 15.7. The van der Waals surface area contributed by atoms with Gasteiger partial charge in [-0.05, 0) is 78.3 Å². The molecule has 0 radical (unpaired) electrons. The lowest BCUT2D eigenvalue weighted by atomic mass is 9.89. The van der Waals surface area contributed by atoms with Crippen LogP contribution in [-0.2, 0) is 14.5 Å². The van der Waals surface area contributed by atoms with Crippen molar-refractivity contribution in [1.82, 2.24) is 9.97 Å². The molecular weight excluding hydrogens is 722 g/mol. The van der Waals surface area contributed by atoms with Gasteiger partial charge >= 0.3 is 0 Å². The number of hydrogen-bond donors (Lipinski definition) is 2. The number of benzene rings is 1. The van der Waals surface area contributed by atoms with Crippen LogP contribution in [0.25, 0.3) is 0 Å². The number of thiophene rings is 1. The van der Waals surface area contributed by atoms with E-state index in [0.717, 1.165) is 24.2 Å². The number of halogens is 2. The Morgan fingerprint density at radius 1 is 1.04 bits per heavy atom. The number of ketones is 1. The van der Waals surface area contributed by atoms with Crippen LogP contribution in [0, 0.1) is 5.92 Å². The highest BCUT2D eigenvalue weighted by Gasteiger charge is 2.50. The van der Waals surface area contributed by atoms with Crippen molar-refractivity contribution in [1.29, 1.82) is 0 Å². The third-order valence-electron chi connectivity index (χ3n) is 11.3. The van der Waals surface area contributed by atoms with Gasteiger partial charge in [0.25, 0.3) is 0 Å². The monoisotopic (exact) mass is 777 g/mol. The van der Waals surface area contributed by atoms with Gasteiger partial charge in [0.1, 0.15) is 17.7 Å². The molecule has 0 saturated heterocycles. The largest absolute Gasteiger partial charge is 0.416 e. The normalized spacial score (nSPS) is 20.2. The van der Waals surface area contributed by atoms with Crippen LogP contribution in [-0.4, -0.2) is 56.2 Å². The van der Waals surface area contributed by atoms with Gasteiger partial charge in [-0.15, -0.1) is 11.3 Å². The zero-order chi connectivity index (χ0) is 37.4. The van der Waals surface area contributed by atoms with Gasteiger partial charge in [0.15, 0.2) is 8.32 Å². The number of aromatic nitrogens is 2. The molecule has 4 rings (SSSR count). The molecule has 1 aliphatic carbocycles. The molecule has 2 heterocycles. The molecule has 0 aliphatic heterocycles. The zero-order valence-electron chi connectivity index (χ0n) is 31.9. The predicted octanol–water partition coefficient (Wildman–Crippen LogP) is 11.1. The van der Waals surface area contributed by atoms with E-state index in [1.807, 2.05) is 0 Å². The van der Waals surface area contributed by atoms with Crippen molar-refractivity contribution in [2.45, 2.75) is 135 Å². The zero-order valence-corrected chi connectivity index (χ0v) is 36.2. The summed E-state index contributed by atoms with van der Waals surface area (Å²) in [7, 11) is -4.17. The van der Waals surface area contributed by atoms with Crippen molar-refractivity contribution in [3.05, 3.63) is 73.8 Å². The summed E-state index contributed by atoms with van der Waals surface area (Å²) in [6, 6.07) is 8.69. The van der Waals surface area contributed by atoms with Gasteiger partial charge in [-0.2, -0.15) is 0 Å². The first-order valence-electron chi connectivity index (χ1n) is 17.8. The second-order valence-corrected chi connectivity index (χ2v) is 28.9. The summed E-state index contributed by atoms with van der Waals surface area (Å²) in [5.41, 5.74) is 1.31. The molecule has 1 saturated carbocycles. The summed E-state index contributed by atoms with van der Waals surface area (Å²) in [4.78, 5) is 23.2. The number of carbonyl (C=O) groups is 1. The van der Waals surface area contributed by atoms with Crippen molar-refractivity contribution in [3.8, 4) is 0 Å². The van der Waals surface area contributed by atoms with Gasteiger partial charge in [0.05, 0.1) is 20.9 Å². The fraction of sp³-hybridized carbons (Fsp3) is 0.605. The van der Waals surface area contributed by atoms with Gasteiger partial charge in [-0.1, -0.05) is 97.6 Å². The third kappa shape index (κ3) is 8.59. The lowest BCUT2D eigenvalue weighted by Crippen LogP contribution is -2.51. The lowest BCUT2D eigenvalue weighted by molar-refractivity contribution is 0.0970. The van der Waals surface area contributed by atoms with E-state index in [9.17, 15) is 9.90 Å². The van der Waals surface area contributed by atoms with Gasteiger partial charge < -0.3 is 19.3 Å². The molecule has 3 aromatic rings.